The van der Waals surface area contributed by atoms with Crippen molar-refractivity contribution in [1.29, 1.82) is 0 Å². The molecule has 3 heteroatoms. The predicted octanol–water partition coefficient (Wildman–Crippen LogP) is 3.88. The van der Waals surface area contributed by atoms with Crippen molar-refractivity contribution >= 4 is 11.6 Å². The quantitative estimate of drug-likeness (QED) is 0.905. The second-order valence-corrected chi connectivity index (χ2v) is 5.69. The van der Waals surface area contributed by atoms with Gasteiger partial charge in [0.1, 0.15) is 12.4 Å². The molecule has 104 valence electrons. The van der Waals surface area contributed by atoms with Gasteiger partial charge in [-0.25, -0.2) is 0 Å². The van der Waals surface area contributed by atoms with Gasteiger partial charge in [-0.15, -0.1) is 0 Å². The lowest BCUT2D eigenvalue weighted by atomic mass is 10.1. The highest BCUT2D eigenvalue weighted by Crippen LogP contribution is 2.49. The number of hydrogen-bond donors (Lipinski definition) is 1. The largest absolute Gasteiger partial charge is 0.491 e. The molecule has 0 amide bonds. The van der Waals surface area contributed by atoms with Gasteiger partial charge >= 0.3 is 0 Å². The van der Waals surface area contributed by atoms with Crippen LogP contribution >= 0.6 is 11.6 Å². The van der Waals surface area contributed by atoms with Crippen molar-refractivity contribution < 1.29 is 9.84 Å². The number of hydrogen-bond acceptors (Lipinski definition) is 2. The van der Waals surface area contributed by atoms with E-state index < -0.39 is 6.10 Å². The minimum atomic E-state index is -0.431. The topological polar surface area (TPSA) is 29.5 Å². The second kappa shape index (κ2) is 5.86. The fraction of sp³-hybridized carbons (Fsp3) is 0.294. The Morgan fingerprint density at radius 3 is 2.70 bits per heavy atom. The lowest BCUT2D eigenvalue weighted by molar-refractivity contribution is 0.0877. The minimum absolute atomic E-state index is 0.302. The lowest BCUT2D eigenvalue weighted by Gasteiger charge is -2.12. The molecule has 2 nitrogen and oxygen atoms in total. The predicted molar refractivity (Wildman–Crippen MR) is 80.2 cm³/mol. The van der Waals surface area contributed by atoms with Crippen molar-refractivity contribution in [2.24, 2.45) is 5.92 Å². The van der Waals surface area contributed by atoms with Crippen LogP contribution in [0.5, 0.6) is 5.75 Å². The maximum atomic E-state index is 10.2. The van der Waals surface area contributed by atoms with E-state index in [-0.39, 0.29) is 0 Å². The van der Waals surface area contributed by atoms with Gasteiger partial charge in [0.2, 0.25) is 0 Å². The van der Waals surface area contributed by atoms with Gasteiger partial charge in [0.25, 0.3) is 0 Å². The number of rotatable bonds is 5. The van der Waals surface area contributed by atoms with Gasteiger partial charge in [-0.1, -0.05) is 48.0 Å². The Bertz CT molecular complexity index is 570. The summed E-state index contributed by atoms with van der Waals surface area (Å²) in [7, 11) is 0. The summed E-state index contributed by atoms with van der Waals surface area (Å²) in [5, 5.41) is 10.8. The zero-order chi connectivity index (χ0) is 13.9. The molecule has 2 aromatic rings. The minimum Gasteiger partial charge on any atom is -0.491 e. The molecular formula is C17H17ClO2. The number of halogens is 1. The Kier molecular flexibility index (Phi) is 3.95. The molecular weight excluding hydrogens is 272 g/mol. The molecule has 0 spiro atoms. The first kappa shape index (κ1) is 13.5. The van der Waals surface area contributed by atoms with Crippen LogP contribution in [0, 0.1) is 5.92 Å². The Labute approximate surface area is 124 Å². The monoisotopic (exact) mass is 288 g/mol. The first-order valence-electron chi connectivity index (χ1n) is 6.85. The summed E-state index contributed by atoms with van der Waals surface area (Å²) in [6.07, 6.45) is 0.601. The van der Waals surface area contributed by atoms with Gasteiger partial charge in [0.05, 0.1) is 6.10 Å². The summed E-state index contributed by atoms with van der Waals surface area (Å²) in [5.41, 5.74) is 1.30. The number of aliphatic hydroxyl groups is 1. The summed E-state index contributed by atoms with van der Waals surface area (Å²) < 4.78 is 5.60. The van der Waals surface area contributed by atoms with Gasteiger partial charge < -0.3 is 9.84 Å². The molecule has 3 unspecified atom stereocenters. The molecule has 20 heavy (non-hydrogen) atoms. The highest BCUT2D eigenvalue weighted by molar-refractivity contribution is 6.30. The molecule has 0 saturated heterocycles. The number of aliphatic hydroxyl groups excluding tert-OH is 1. The molecule has 1 N–H and O–H groups in total. The van der Waals surface area contributed by atoms with E-state index in [4.69, 9.17) is 16.3 Å². The summed E-state index contributed by atoms with van der Waals surface area (Å²) in [4.78, 5) is 0. The van der Waals surface area contributed by atoms with Gasteiger partial charge in [0, 0.05) is 5.02 Å². The van der Waals surface area contributed by atoms with E-state index in [0.29, 0.717) is 29.2 Å². The van der Waals surface area contributed by atoms with Crippen LogP contribution in [0.15, 0.2) is 54.6 Å². The molecule has 0 aromatic heterocycles. The Morgan fingerprint density at radius 2 is 1.95 bits per heavy atom. The van der Waals surface area contributed by atoms with Crippen LogP contribution in [0.4, 0.5) is 0 Å². The van der Waals surface area contributed by atoms with Gasteiger partial charge in [-0.3, -0.25) is 0 Å². The van der Waals surface area contributed by atoms with Gasteiger partial charge in [-0.05, 0) is 42.0 Å². The summed E-state index contributed by atoms with van der Waals surface area (Å²) in [5.74, 6) is 1.47. The van der Waals surface area contributed by atoms with Crippen molar-refractivity contribution in [3.8, 4) is 5.75 Å². The highest BCUT2D eigenvalue weighted by atomic mass is 35.5. The maximum absolute atomic E-state index is 10.2. The van der Waals surface area contributed by atoms with Gasteiger partial charge in [-0.2, -0.15) is 0 Å². The summed E-state index contributed by atoms with van der Waals surface area (Å²) >= 11 is 5.90. The molecule has 1 saturated carbocycles. The smallest absolute Gasteiger partial charge is 0.120 e. The van der Waals surface area contributed by atoms with Crippen LogP contribution in [0.2, 0.25) is 5.02 Å². The van der Waals surface area contributed by atoms with Crippen molar-refractivity contribution in [3.05, 3.63) is 65.2 Å². The van der Waals surface area contributed by atoms with Crippen LogP contribution in [0.3, 0.4) is 0 Å². The zero-order valence-electron chi connectivity index (χ0n) is 11.1. The molecule has 0 aliphatic heterocycles. The fourth-order valence-corrected chi connectivity index (χ4v) is 2.77. The fourth-order valence-electron chi connectivity index (χ4n) is 2.59. The first-order valence-corrected chi connectivity index (χ1v) is 7.23. The molecule has 3 atom stereocenters. The number of benzene rings is 2. The van der Waals surface area contributed by atoms with Crippen molar-refractivity contribution in [2.75, 3.05) is 6.61 Å². The van der Waals surface area contributed by atoms with E-state index in [9.17, 15) is 5.11 Å². The third kappa shape index (κ3) is 3.14. The summed E-state index contributed by atoms with van der Waals surface area (Å²) in [6.45, 7) is 0.314. The highest BCUT2D eigenvalue weighted by Gasteiger charge is 2.43. The summed E-state index contributed by atoms with van der Waals surface area (Å²) in [6, 6.07) is 17.6. The third-order valence-electron chi connectivity index (χ3n) is 3.78. The maximum Gasteiger partial charge on any atom is 0.120 e. The standard InChI is InChI=1S/C17H17ClO2/c18-13-7-4-8-14(9-13)20-11-17(19)16-10-15(16)12-5-2-1-3-6-12/h1-9,15-17,19H,10-11H2. The van der Waals surface area contributed by atoms with E-state index >= 15 is 0 Å². The van der Waals surface area contributed by atoms with Crippen LogP contribution < -0.4 is 4.74 Å². The lowest BCUT2D eigenvalue weighted by Crippen LogP contribution is -2.20. The first-order chi connectivity index (χ1) is 9.74. The van der Waals surface area contributed by atoms with E-state index in [2.05, 4.69) is 12.1 Å². The average Bonchev–Trinajstić information content (AvgIpc) is 3.26. The molecule has 1 aliphatic carbocycles. The molecule has 0 radical (unpaired) electrons. The molecule has 1 aliphatic rings. The molecule has 3 rings (SSSR count). The normalized spacial score (nSPS) is 22.3. The van der Waals surface area contributed by atoms with E-state index in [1.807, 2.05) is 30.3 Å². The van der Waals surface area contributed by atoms with E-state index in [1.165, 1.54) is 5.56 Å². The van der Waals surface area contributed by atoms with Crippen LogP contribution in [-0.4, -0.2) is 17.8 Å². The van der Waals surface area contributed by atoms with E-state index in [0.717, 1.165) is 6.42 Å². The third-order valence-corrected chi connectivity index (χ3v) is 4.01. The Morgan fingerprint density at radius 1 is 1.15 bits per heavy atom. The molecule has 0 heterocycles. The van der Waals surface area contributed by atoms with Crippen molar-refractivity contribution in [1.82, 2.24) is 0 Å². The van der Waals surface area contributed by atoms with Crippen LogP contribution in [-0.2, 0) is 0 Å². The zero-order valence-corrected chi connectivity index (χ0v) is 11.8. The van der Waals surface area contributed by atoms with E-state index in [1.54, 1.807) is 12.1 Å². The van der Waals surface area contributed by atoms with Crippen LogP contribution in [0.1, 0.15) is 17.9 Å². The molecule has 2 aromatic carbocycles. The average molecular weight is 289 g/mol. The second-order valence-electron chi connectivity index (χ2n) is 5.25. The molecule has 1 fully saturated rings. The Hall–Kier alpha value is -1.51. The van der Waals surface area contributed by atoms with Crippen molar-refractivity contribution in [3.63, 3.8) is 0 Å². The van der Waals surface area contributed by atoms with Crippen molar-refractivity contribution in [2.45, 2.75) is 18.4 Å². The van der Waals surface area contributed by atoms with Gasteiger partial charge in [0.15, 0.2) is 0 Å². The molecule has 0 bridgehead atoms. The SMILES string of the molecule is OC(COc1cccc(Cl)c1)C1CC1c1ccccc1. The number of ether oxygens (including phenoxy) is 1. The Balaban J connectivity index is 1.53. The van der Waals surface area contributed by atoms with Crippen LogP contribution in [0.25, 0.3) is 0 Å².